The number of ether oxygens (including phenoxy) is 2. The van der Waals surface area contributed by atoms with E-state index in [-0.39, 0.29) is 28.8 Å². The standard InChI is InChI=1S/C22H29ClN2O5S/c1-29-17-2-3-18(19(9-17)31(27,28)25-4-6-30-7-5-25)24-20(26)21-10-15-8-16(11-21)13-22(23,12-15)14-21/h2-3,9,15-16H,4-8,10-14H2,1H3,(H,24,26)/t15-,16-,21?,22?/m1/s1. The van der Waals surface area contributed by atoms with Crippen molar-refractivity contribution in [3.63, 3.8) is 0 Å². The lowest BCUT2D eigenvalue weighted by Crippen LogP contribution is -2.57. The van der Waals surface area contributed by atoms with Crippen molar-refractivity contribution >= 4 is 33.2 Å². The maximum atomic E-state index is 13.6. The zero-order chi connectivity index (χ0) is 21.9. The second-order valence-electron chi connectivity index (χ2n) is 9.72. The van der Waals surface area contributed by atoms with Crippen LogP contribution in [-0.4, -0.2) is 56.9 Å². The largest absolute Gasteiger partial charge is 0.497 e. The molecule has 0 aromatic heterocycles. The molecule has 1 aromatic rings. The van der Waals surface area contributed by atoms with Crippen LogP contribution in [0.15, 0.2) is 23.1 Å². The minimum absolute atomic E-state index is 0.0624. The lowest BCUT2D eigenvalue weighted by Gasteiger charge is -2.59. The Bertz CT molecular complexity index is 978. The third-order valence-electron chi connectivity index (χ3n) is 7.50. The smallest absolute Gasteiger partial charge is 0.245 e. The number of nitrogens with one attached hydrogen (secondary N) is 1. The van der Waals surface area contributed by atoms with Gasteiger partial charge in [-0.05, 0) is 62.5 Å². The van der Waals surface area contributed by atoms with Gasteiger partial charge in [0.25, 0.3) is 0 Å². The summed E-state index contributed by atoms with van der Waals surface area (Å²) in [6.45, 7) is 1.28. The van der Waals surface area contributed by atoms with Gasteiger partial charge in [0.05, 0.1) is 31.4 Å². The molecule has 31 heavy (non-hydrogen) atoms. The normalized spacial score (nSPS) is 35.2. The summed E-state index contributed by atoms with van der Waals surface area (Å²) in [4.78, 5) is 13.4. The first-order valence-electron chi connectivity index (χ1n) is 11.0. The van der Waals surface area contributed by atoms with Crippen molar-refractivity contribution in [2.45, 2.75) is 48.3 Å². The first-order valence-corrected chi connectivity index (χ1v) is 12.8. The minimum Gasteiger partial charge on any atom is -0.497 e. The molecule has 170 valence electrons. The van der Waals surface area contributed by atoms with Gasteiger partial charge in [-0.2, -0.15) is 4.31 Å². The van der Waals surface area contributed by atoms with Gasteiger partial charge >= 0.3 is 0 Å². The number of morpholine rings is 1. The maximum Gasteiger partial charge on any atom is 0.245 e. The van der Waals surface area contributed by atoms with Crippen LogP contribution >= 0.6 is 11.6 Å². The predicted octanol–water partition coefficient (Wildman–Crippen LogP) is 3.23. The van der Waals surface area contributed by atoms with Crippen LogP contribution in [0.1, 0.15) is 38.5 Å². The average Bonchev–Trinajstić information content (AvgIpc) is 2.72. The van der Waals surface area contributed by atoms with Crippen LogP contribution < -0.4 is 10.1 Å². The number of amides is 1. The Hall–Kier alpha value is -1.35. The number of sulfonamides is 1. The molecule has 1 aromatic carbocycles. The molecule has 6 rings (SSSR count). The number of benzene rings is 1. The molecule has 4 aliphatic carbocycles. The molecule has 5 fully saturated rings. The molecule has 0 spiro atoms. The van der Waals surface area contributed by atoms with Crippen LogP contribution in [0.5, 0.6) is 5.75 Å². The summed E-state index contributed by atoms with van der Waals surface area (Å²) >= 11 is 6.90. The van der Waals surface area contributed by atoms with E-state index in [9.17, 15) is 13.2 Å². The minimum atomic E-state index is -3.81. The van der Waals surface area contributed by atoms with E-state index in [1.54, 1.807) is 12.1 Å². The van der Waals surface area contributed by atoms with Crippen molar-refractivity contribution in [2.75, 3.05) is 38.7 Å². The van der Waals surface area contributed by atoms with Crippen LogP contribution in [0.25, 0.3) is 0 Å². The molecule has 4 bridgehead atoms. The number of halogens is 1. The van der Waals surface area contributed by atoms with Crippen LogP contribution in [0.2, 0.25) is 0 Å². The van der Waals surface area contributed by atoms with Crippen molar-refractivity contribution in [3.05, 3.63) is 18.2 Å². The summed E-state index contributed by atoms with van der Waals surface area (Å²) in [6.07, 6.45) is 5.47. The van der Waals surface area contributed by atoms with E-state index in [0.29, 0.717) is 42.9 Å². The van der Waals surface area contributed by atoms with Gasteiger partial charge in [0.1, 0.15) is 10.6 Å². The highest BCUT2D eigenvalue weighted by molar-refractivity contribution is 7.89. The average molecular weight is 469 g/mol. The molecule has 7 nitrogen and oxygen atoms in total. The number of anilines is 1. The van der Waals surface area contributed by atoms with Crippen LogP contribution in [0.3, 0.4) is 0 Å². The van der Waals surface area contributed by atoms with E-state index in [2.05, 4.69) is 5.32 Å². The number of rotatable bonds is 5. The van der Waals surface area contributed by atoms with Crippen molar-refractivity contribution in [3.8, 4) is 5.75 Å². The van der Waals surface area contributed by atoms with E-state index in [0.717, 1.165) is 32.1 Å². The number of carbonyl (C=O) groups is 1. The third kappa shape index (κ3) is 3.75. The van der Waals surface area contributed by atoms with Crippen LogP contribution in [-0.2, 0) is 19.6 Å². The summed E-state index contributed by atoms with van der Waals surface area (Å²) in [5.74, 6) is 1.29. The summed E-state index contributed by atoms with van der Waals surface area (Å²) < 4.78 is 38.8. The molecule has 0 radical (unpaired) electrons. The lowest BCUT2D eigenvalue weighted by molar-refractivity contribution is -0.138. The zero-order valence-corrected chi connectivity index (χ0v) is 19.3. The molecule has 4 saturated carbocycles. The van der Waals surface area contributed by atoms with Gasteiger partial charge in [-0.15, -0.1) is 11.6 Å². The number of alkyl halides is 1. The Balaban J connectivity index is 1.46. The molecule has 1 N–H and O–H groups in total. The first-order chi connectivity index (χ1) is 14.7. The Morgan fingerprint density at radius 1 is 1.19 bits per heavy atom. The molecule has 1 saturated heterocycles. The Kier molecular flexibility index (Phi) is 5.28. The highest BCUT2D eigenvalue weighted by Crippen LogP contribution is 2.64. The topological polar surface area (TPSA) is 84.9 Å². The second-order valence-corrected chi connectivity index (χ2v) is 12.4. The summed E-state index contributed by atoms with van der Waals surface area (Å²) in [6, 6.07) is 4.79. The molecule has 1 amide bonds. The summed E-state index contributed by atoms with van der Waals surface area (Å²) in [7, 11) is -2.31. The summed E-state index contributed by atoms with van der Waals surface area (Å²) in [5, 5.41) is 2.99. The van der Waals surface area contributed by atoms with Gasteiger partial charge in [0.15, 0.2) is 0 Å². The molecule has 5 aliphatic rings. The maximum absolute atomic E-state index is 13.6. The van der Waals surface area contributed by atoms with Gasteiger partial charge in [-0.3, -0.25) is 4.79 Å². The first kappa shape index (κ1) is 21.5. The monoisotopic (exact) mass is 468 g/mol. The van der Waals surface area contributed by atoms with Gasteiger partial charge in [0, 0.05) is 24.0 Å². The molecule has 1 aliphatic heterocycles. The van der Waals surface area contributed by atoms with Gasteiger partial charge in [-0.1, -0.05) is 0 Å². The fourth-order valence-electron chi connectivity index (χ4n) is 6.54. The molecule has 0 unspecified atom stereocenters. The van der Waals surface area contributed by atoms with Crippen molar-refractivity contribution < 1.29 is 22.7 Å². The molecular formula is C22H29ClN2O5S. The van der Waals surface area contributed by atoms with E-state index < -0.39 is 15.4 Å². The van der Waals surface area contributed by atoms with E-state index in [1.807, 2.05) is 0 Å². The molecule has 2 atom stereocenters. The fourth-order valence-corrected chi connectivity index (χ4v) is 8.81. The predicted molar refractivity (Wildman–Crippen MR) is 117 cm³/mol. The van der Waals surface area contributed by atoms with Crippen molar-refractivity contribution in [1.29, 1.82) is 0 Å². The molecular weight excluding hydrogens is 440 g/mol. The van der Waals surface area contributed by atoms with Crippen molar-refractivity contribution in [1.82, 2.24) is 4.31 Å². The van der Waals surface area contributed by atoms with Gasteiger partial charge in [0.2, 0.25) is 15.9 Å². The Morgan fingerprint density at radius 3 is 2.48 bits per heavy atom. The number of methoxy groups -OCH3 is 1. The van der Waals surface area contributed by atoms with E-state index in [4.69, 9.17) is 21.1 Å². The summed E-state index contributed by atoms with van der Waals surface area (Å²) in [5.41, 5.74) is -0.206. The van der Waals surface area contributed by atoms with E-state index >= 15 is 0 Å². The fraction of sp³-hybridized carbons (Fsp3) is 0.682. The van der Waals surface area contributed by atoms with E-state index in [1.165, 1.54) is 17.5 Å². The SMILES string of the molecule is COc1ccc(NC(=O)C23C[C@H]4C[C@@H](CC(Cl)(C4)C2)C3)c(S(=O)(=O)N2CCOCC2)c1. The Labute approximate surface area is 188 Å². The molecule has 1 heterocycles. The van der Waals surface area contributed by atoms with Gasteiger partial charge < -0.3 is 14.8 Å². The third-order valence-corrected chi connectivity index (χ3v) is 9.88. The lowest BCUT2D eigenvalue weighted by atomic mass is 9.49. The number of nitrogens with zero attached hydrogens (tertiary/aromatic N) is 1. The second kappa shape index (κ2) is 7.61. The Morgan fingerprint density at radius 2 is 1.87 bits per heavy atom. The van der Waals surface area contributed by atoms with Crippen molar-refractivity contribution in [2.24, 2.45) is 17.3 Å². The highest BCUT2D eigenvalue weighted by Gasteiger charge is 2.60. The van der Waals surface area contributed by atoms with Crippen LogP contribution in [0, 0.1) is 17.3 Å². The molecule has 9 heteroatoms. The van der Waals surface area contributed by atoms with Crippen LogP contribution in [0.4, 0.5) is 5.69 Å². The number of hydrogen-bond acceptors (Lipinski definition) is 5. The highest BCUT2D eigenvalue weighted by atomic mass is 35.5. The number of carbonyl (C=O) groups excluding carboxylic acids is 1. The quantitative estimate of drug-likeness (QED) is 0.670. The zero-order valence-electron chi connectivity index (χ0n) is 17.7. The number of hydrogen-bond donors (Lipinski definition) is 1. The van der Waals surface area contributed by atoms with Gasteiger partial charge in [-0.25, -0.2) is 8.42 Å².